The van der Waals surface area contributed by atoms with E-state index >= 15 is 0 Å². The Hall–Kier alpha value is -2.69. The summed E-state index contributed by atoms with van der Waals surface area (Å²) in [6, 6.07) is 15.1. The van der Waals surface area contributed by atoms with Crippen LogP contribution in [0.15, 0.2) is 54.6 Å². The Kier molecular flexibility index (Phi) is 5.66. The van der Waals surface area contributed by atoms with Crippen molar-refractivity contribution in [1.82, 2.24) is 4.90 Å². The predicted octanol–water partition coefficient (Wildman–Crippen LogP) is 3.73. The van der Waals surface area contributed by atoms with Gasteiger partial charge in [-0.3, -0.25) is 9.59 Å². The largest absolute Gasteiger partial charge is 0.338 e. The third-order valence-electron chi connectivity index (χ3n) is 4.80. The van der Waals surface area contributed by atoms with Gasteiger partial charge in [0.25, 0.3) is 5.91 Å². The molecule has 0 radical (unpaired) electrons. The second-order valence-corrected chi connectivity index (χ2v) is 6.52. The Morgan fingerprint density at radius 1 is 1.12 bits per heavy atom. The summed E-state index contributed by atoms with van der Waals surface area (Å²) in [7, 11) is 0. The number of carbonyl (C=O) groups excluding carboxylic acids is 2. The molecule has 2 amide bonds. The van der Waals surface area contributed by atoms with Gasteiger partial charge in [-0.2, -0.15) is 0 Å². The smallest absolute Gasteiger partial charge is 0.253 e. The van der Waals surface area contributed by atoms with Crippen LogP contribution in [0.25, 0.3) is 0 Å². The fourth-order valence-corrected chi connectivity index (χ4v) is 3.43. The summed E-state index contributed by atoms with van der Waals surface area (Å²) in [6.45, 7) is 3.57. The van der Waals surface area contributed by atoms with Gasteiger partial charge in [0.1, 0.15) is 5.82 Å². The summed E-state index contributed by atoms with van der Waals surface area (Å²) >= 11 is 0. The third-order valence-corrected chi connectivity index (χ3v) is 4.80. The Balaban J connectivity index is 1.72. The molecule has 4 nitrogen and oxygen atoms in total. The highest BCUT2D eigenvalue weighted by Gasteiger charge is 2.31. The number of benzene rings is 2. The number of hydrogen-bond donors (Lipinski definition) is 0. The molecule has 0 unspecified atom stereocenters. The van der Waals surface area contributed by atoms with Crippen molar-refractivity contribution in [3.63, 3.8) is 0 Å². The third kappa shape index (κ3) is 3.93. The fraction of sp³-hybridized carbons (Fsp3) is 0.333. The highest BCUT2D eigenvalue weighted by molar-refractivity contribution is 5.97. The van der Waals surface area contributed by atoms with Crippen LogP contribution in [0.3, 0.4) is 0 Å². The zero-order valence-corrected chi connectivity index (χ0v) is 14.9. The summed E-state index contributed by atoms with van der Waals surface area (Å²) in [5, 5.41) is 0. The first-order chi connectivity index (χ1) is 12.6. The van der Waals surface area contributed by atoms with E-state index in [9.17, 15) is 14.0 Å². The lowest BCUT2D eigenvalue weighted by atomic mass is 9.95. The molecule has 0 saturated carbocycles. The number of para-hydroxylation sites is 1. The molecule has 0 spiro atoms. The fourth-order valence-electron chi connectivity index (χ4n) is 3.43. The van der Waals surface area contributed by atoms with Crippen molar-refractivity contribution in [3.05, 3.63) is 66.0 Å². The van der Waals surface area contributed by atoms with Gasteiger partial charge in [0.2, 0.25) is 5.91 Å². The highest BCUT2D eigenvalue weighted by Crippen LogP contribution is 2.24. The Bertz CT molecular complexity index is 761. The Morgan fingerprint density at radius 2 is 1.81 bits per heavy atom. The molecule has 0 aliphatic carbocycles. The number of carbonyl (C=O) groups is 2. The molecule has 1 aliphatic rings. The summed E-state index contributed by atoms with van der Waals surface area (Å²) < 4.78 is 13.1. The van der Waals surface area contributed by atoms with Gasteiger partial charge in [-0.05, 0) is 56.2 Å². The number of hydrogen-bond acceptors (Lipinski definition) is 2. The molecule has 3 rings (SSSR count). The number of anilines is 1. The van der Waals surface area contributed by atoms with E-state index in [4.69, 9.17) is 0 Å². The van der Waals surface area contributed by atoms with Crippen molar-refractivity contribution in [2.45, 2.75) is 19.8 Å². The first kappa shape index (κ1) is 18.1. The van der Waals surface area contributed by atoms with Crippen LogP contribution in [0, 0.1) is 11.7 Å². The number of rotatable bonds is 4. The Morgan fingerprint density at radius 3 is 2.46 bits per heavy atom. The Labute approximate surface area is 153 Å². The highest BCUT2D eigenvalue weighted by atomic mass is 19.1. The first-order valence-corrected chi connectivity index (χ1v) is 9.01. The van der Waals surface area contributed by atoms with E-state index in [2.05, 4.69) is 0 Å². The zero-order valence-electron chi connectivity index (χ0n) is 14.9. The number of halogens is 1. The van der Waals surface area contributed by atoms with Crippen LogP contribution in [0.4, 0.5) is 10.1 Å². The van der Waals surface area contributed by atoms with Crippen molar-refractivity contribution < 1.29 is 14.0 Å². The number of likely N-dealkylation sites (tertiary alicyclic amines) is 1. The first-order valence-electron chi connectivity index (χ1n) is 9.01. The number of amides is 2. The standard InChI is InChI=1S/C21H23FN2O2/c1-2-24(19-8-4-3-5-9-19)21(26)17-7-6-14-23(15-17)20(25)16-10-12-18(22)13-11-16/h3-5,8-13,17H,2,6-7,14-15H2,1H3/t17-/m0/s1. The monoisotopic (exact) mass is 354 g/mol. The van der Waals surface area contributed by atoms with E-state index in [1.54, 1.807) is 9.80 Å². The molecule has 0 N–H and O–H groups in total. The summed E-state index contributed by atoms with van der Waals surface area (Å²) in [4.78, 5) is 29.2. The molecule has 1 fully saturated rings. The lowest BCUT2D eigenvalue weighted by Gasteiger charge is -2.35. The van der Waals surface area contributed by atoms with Crippen molar-refractivity contribution in [1.29, 1.82) is 0 Å². The summed E-state index contributed by atoms with van der Waals surface area (Å²) in [6.07, 6.45) is 1.56. The summed E-state index contributed by atoms with van der Waals surface area (Å²) in [5.74, 6) is -0.677. The number of piperidine rings is 1. The minimum Gasteiger partial charge on any atom is -0.338 e. The zero-order chi connectivity index (χ0) is 18.5. The summed E-state index contributed by atoms with van der Waals surface area (Å²) in [5.41, 5.74) is 1.33. The maximum Gasteiger partial charge on any atom is 0.253 e. The van der Waals surface area contributed by atoms with E-state index < -0.39 is 0 Å². The van der Waals surface area contributed by atoms with Crippen LogP contribution < -0.4 is 4.90 Å². The lowest BCUT2D eigenvalue weighted by Crippen LogP contribution is -2.47. The van der Waals surface area contributed by atoms with Crippen molar-refractivity contribution in [2.75, 3.05) is 24.5 Å². The molecule has 1 heterocycles. The molecule has 5 heteroatoms. The van der Waals surface area contributed by atoms with Crippen molar-refractivity contribution in [2.24, 2.45) is 5.92 Å². The maximum atomic E-state index is 13.1. The van der Waals surface area contributed by atoms with E-state index in [1.165, 1.54) is 24.3 Å². The van der Waals surface area contributed by atoms with E-state index in [-0.39, 0.29) is 23.5 Å². The normalized spacial score (nSPS) is 17.0. The van der Waals surface area contributed by atoms with Crippen LogP contribution in [0.5, 0.6) is 0 Å². The average molecular weight is 354 g/mol. The quantitative estimate of drug-likeness (QED) is 0.839. The molecule has 0 aromatic heterocycles. The lowest BCUT2D eigenvalue weighted by molar-refractivity contribution is -0.123. The van der Waals surface area contributed by atoms with Crippen LogP contribution in [-0.4, -0.2) is 36.3 Å². The van der Waals surface area contributed by atoms with Gasteiger partial charge in [-0.25, -0.2) is 4.39 Å². The SMILES string of the molecule is CCN(C(=O)[C@H]1CCCN(C(=O)c2ccc(F)cc2)C1)c1ccccc1. The minimum absolute atomic E-state index is 0.0512. The second-order valence-electron chi connectivity index (χ2n) is 6.52. The molecular formula is C21H23FN2O2. The van der Waals surface area contributed by atoms with Crippen LogP contribution in [0.1, 0.15) is 30.1 Å². The van der Waals surface area contributed by atoms with E-state index in [0.717, 1.165) is 18.5 Å². The van der Waals surface area contributed by atoms with Gasteiger partial charge in [0, 0.05) is 30.9 Å². The number of nitrogens with zero attached hydrogens (tertiary/aromatic N) is 2. The predicted molar refractivity (Wildman–Crippen MR) is 99.5 cm³/mol. The van der Waals surface area contributed by atoms with Gasteiger partial charge < -0.3 is 9.80 Å². The molecule has 1 saturated heterocycles. The molecule has 0 bridgehead atoms. The van der Waals surface area contributed by atoms with Gasteiger partial charge in [0.05, 0.1) is 5.92 Å². The molecule has 2 aromatic carbocycles. The van der Waals surface area contributed by atoms with Gasteiger partial charge in [0.15, 0.2) is 0 Å². The van der Waals surface area contributed by atoms with E-state index in [1.807, 2.05) is 37.3 Å². The molecule has 2 aromatic rings. The molecule has 136 valence electrons. The maximum absolute atomic E-state index is 13.1. The minimum atomic E-state index is -0.366. The molecular weight excluding hydrogens is 331 g/mol. The molecule has 1 aliphatic heterocycles. The molecule has 26 heavy (non-hydrogen) atoms. The van der Waals surface area contributed by atoms with Gasteiger partial charge >= 0.3 is 0 Å². The topological polar surface area (TPSA) is 40.6 Å². The van der Waals surface area contributed by atoms with Crippen molar-refractivity contribution >= 4 is 17.5 Å². The van der Waals surface area contributed by atoms with Crippen LogP contribution in [-0.2, 0) is 4.79 Å². The van der Waals surface area contributed by atoms with Crippen molar-refractivity contribution in [3.8, 4) is 0 Å². The second kappa shape index (κ2) is 8.13. The van der Waals surface area contributed by atoms with Crippen LogP contribution in [0.2, 0.25) is 0 Å². The van der Waals surface area contributed by atoms with Gasteiger partial charge in [-0.15, -0.1) is 0 Å². The average Bonchev–Trinajstić information content (AvgIpc) is 2.69. The van der Waals surface area contributed by atoms with E-state index in [0.29, 0.717) is 25.2 Å². The molecule has 1 atom stereocenters. The van der Waals surface area contributed by atoms with Crippen LogP contribution >= 0.6 is 0 Å². The van der Waals surface area contributed by atoms with Gasteiger partial charge in [-0.1, -0.05) is 18.2 Å².